The van der Waals surface area contributed by atoms with Crippen LogP contribution in [0.3, 0.4) is 0 Å². The van der Waals surface area contributed by atoms with Crippen molar-refractivity contribution in [3.05, 3.63) is 52.5 Å². The van der Waals surface area contributed by atoms with Gasteiger partial charge in [0, 0.05) is 16.8 Å². The van der Waals surface area contributed by atoms with Crippen LogP contribution in [0.5, 0.6) is 11.5 Å². The molecule has 0 amide bonds. The maximum atomic E-state index is 9.01. The SMILES string of the molecule is Cc1cc(N)ccc1Oc1cc(Cl)ccc1C#N. The normalized spacial score (nSPS) is 9.83. The summed E-state index contributed by atoms with van der Waals surface area (Å²) in [5.74, 6) is 1.10. The van der Waals surface area contributed by atoms with Crippen molar-refractivity contribution < 1.29 is 4.74 Å². The second-order valence-electron chi connectivity index (χ2n) is 3.88. The molecule has 0 bridgehead atoms. The molecule has 2 rings (SSSR count). The summed E-state index contributed by atoms with van der Waals surface area (Å²) in [5, 5.41) is 9.53. The molecule has 0 fully saturated rings. The van der Waals surface area contributed by atoms with Crippen molar-refractivity contribution >= 4 is 17.3 Å². The van der Waals surface area contributed by atoms with Crippen LogP contribution in [0.25, 0.3) is 0 Å². The van der Waals surface area contributed by atoms with E-state index in [-0.39, 0.29) is 0 Å². The number of hydrogen-bond donors (Lipinski definition) is 1. The zero-order valence-electron chi connectivity index (χ0n) is 9.77. The molecule has 0 radical (unpaired) electrons. The number of rotatable bonds is 2. The minimum Gasteiger partial charge on any atom is -0.456 e. The summed E-state index contributed by atoms with van der Waals surface area (Å²) in [6.07, 6.45) is 0. The third-order valence-corrected chi connectivity index (χ3v) is 2.72. The molecule has 0 unspecified atom stereocenters. The second-order valence-corrected chi connectivity index (χ2v) is 4.32. The molecule has 2 aromatic rings. The van der Waals surface area contributed by atoms with Crippen LogP contribution in [0.15, 0.2) is 36.4 Å². The molecule has 18 heavy (non-hydrogen) atoms. The van der Waals surface area contributed by atoms with Crippen LogP contribution in [0.1, 0.15) is 11.1 Å². The molecule has 0 aromatic heterocycles. The fraction of sp³-hybridized carbons (Fsp3) is 0.0714. The number of anilines is 1. The van der Waals surface area contributed by atoms with Crippen molar-refractivity contribution in [3.8, 4) is 17.6 Å². The average Bonchev–Trinajstić information content (AvgIpc) is 2.33. The first-order valence-corrected chi connectivity index (χ1v) is 5.71. The van der Waals surface area contributed by atoms with Gasteiger partial charge in [0.1, 0.15) is 17.6 Å². The number of nitrogens with two attached hydrogens (primary N) is 1. The Morgan fingerprint density at radius 2 is 1.94 bits per heavy atom. The van der Waals surface area contributed by atoms with E-state index in [0.29, 0.717) is 27.8 Å². The Morgan fingerprint density at radius 1 is 1.17 bits per heavy atom. The Balaban J connectivity index is 2.40. The molecule has 0 atom stereocenters. The number of nitrogen functional groups attached to an aromatic ring is 1. The summed E-state index contributed by atoms with van der Waals surface area (Å²) < 4.78 is 5.70. The fourth-order valence-corrected chi connectivity index (χ4v) is 1.74. The molecule has 0 heterocycles. The van der Waals surface area contributed by atoms with Gasteiger partial charge in [-0.1, -0.05) is 11.6 Å². The van der Waals surface area contributed by atoms with E-state index >= 15 is 0 Å². The Morgan fingerprint density at radius 3 is 2.61 bits per heavy atom. The van der Waals surface area contributed by atoms with Gasteiger partial charge in [0.25, 0.3) is 0 Å². The molecule has 2 N–H and O–H groups in total. The van der Waals surface area contributed by atoms with Crippen LogP contribution in [0.2, 0.25) is 5.02 Å². The maximum Gasteiger partial charge on any atom is 0.146 e. The van der Waals surface area contributed by atoms with E-state index in [4.69, 9.17) is 27.3 Å². The lowest BCUT2D eigenvalue weighted by Gasteiger charge is -2.10. The smallest absolute Gasteiger partial charge is 0.146 e. The maximum absolute atomic E-state index is 9.01. The van der Waals surface area contributed by atoms with E-state index in [2.05, 4.69) is 6.07 Å². The minimum absolute atomic E-state index is 0.440. The van der Waals surface area contributed by atoms with Gasteiger partial charge in [0.05, 0.1) is 5.56 Å². The fourth-order valence-electron chi connectivity index (χ4n) is 1.58. The van der Waals surface area contributed by atoms with Crippen LogP contribution < -0.4 is 10.5 Å². The van der Waals surface area contributed by atoms with Crippen LogP contribution in [-0.4, -0.2) is 0 Å². The Kier molecular flexibility index (Phi) is 3.40. The first kappa shape index (κ1) is 12.3. The van der Waals surface area contributed by atoms with Gasteiger partial charge in [-0.15, -0.1) is 0 Å². The van der Waals surface area contributed by atoms with Gasteiger partial charge >= 0.3 is 0 Å². The van der Waals surface area contributed by atoms with E-state index in [9.17, 15) is 0 Å². The highest BCUT2D eigenvalue weighted by Crippen LogP contribution is 2.30. The summed E-state index contributed by atoms with van der Waals surface area (Å²) in [6.45, 7) is 1.89. The van der Waals surface area contributed by atoms with Crippen molar-refractivity contribution in [2.24, 2.45) is 0 Å². The van der Waals surface area contributed by atoms with Crippen molar-refractivity contribution in [3.63, 3.8) is 0 Å². The Labute approximate surface area is 110 Å². The topological polar surface area (TPSA) is 59.0 Å². The number of nitriles is 1. The van der Waals surface area contributed by atoms with Gasteiger partial charge in [-0.2, -0.15) is 5.26 Å². The molecule has 3 nitrogen and oxygen atoms in total. The lowest BCUT2D eigenvalue weighted by atomic mass is 10.2. The van der Waals surface area contributed by atoms with Crippen molar-refractivity contribution in [1.82, 2.24) is 0 Å². The predicted octanol–water partition coefficient (Wildman–Crippen LogP) is 3.89. The molecule has 0 aliphatic heterocycles. The molecular weight excluding hydrogens is 248 g/mol. The summed E-state index contributed by atoms with van der Waals surface area (Å²) in [6, 6.07) is 12.3. The summed E-state index contributed by atoms with van der Waals surface area (Å²) in [4.78, 5) is 0. The van der Waals surface area contributed by atoms with Crippen LogP contribution in [0, 0.1) is 18.3 Å². The molecule has 0 spiro atoms. The first-order chi connectivity index (χ1) is 8.60. The van der Waals surface area contributed by atoms with Gasteiger partial charge in [0.15, 0.2) is 0 Å². The second kappa shape index (κ2) is 4.99. The van der Waals surface area contributed by atoms with Gasteiger partial charge in [-0.3, -0.25) is 0 Å². The molecule has 4 heteroatoms. The van der Waals surface area contributed by atoms with Crippen LogP contribution in [0.4, 0.5) is 5.69 Å². The summed E-state index contributed by atoms with van der Waals surface area (Å²) >= 11 is 5.90. The summed E-state index contributed by atoms with van der Waals surface area (Å²) in [5.41, 5.74) is 7.69. The Hall–Kier alpha value is -2.18. The number of benzene rings is 2. The average molecular weight is 259 g/mol. The lowest BCUT2D eigenvalue weighted by molar-refractivity contribution is 0.477. The van der Waals surface area contributed by atoms with E-state index in [1.54, 1.807) is 30.3 Å². The summed E-state index contributed by atoms with van der Waals surface area (Å²) in [7, 11) is 0. The number of hydrogen-bond acceptors (Lipinski definition) is 3. The largest absolute Gasteiger partial charge is 0.456 e. The van der Waals surface area contributed by atoms with Crippen molar-refractivity contribution in [2.45, 2.75) is 6.92 Å². The molecule has 0 aliphatic rings. The standard InChI is InChI=1S/C14H11ClN2O/c1-9-6-12(17)4-5-13(9)18-14-7-11(15)3-2-10(14)8-16/h2-7H,17H2,1H3. The van der Waals surface area contributed by atoms with Gasteiger partial charge in [0.2, 0.25) is 0 Å². The highest BCUT2D eigenvalue weighted by Gasteiger charge is 2.07. The van der Waals surface area contributed by atoms with Crippen molar-refractivity contribution in [2.75, 3.05) is 5.73 Å². The Bertz CT molecular complexity index is 632. The van der Waals surface area contributed by atoms with Crippen LogP contribution >= 0.6 is 11.6 Å². The zero-order valence-corrected chi connectivity index (χ0v) is 10.5. The number of nitrogens with zero attached hydrogens (tertiary/aromatic N) is 1. The van der Waals surface area contributed by atoms with E-state index < -0.39 is 0 Å². The number of halogens is 1. The van der Waals surface area contributed by atoms with Gasteiger partial charge in [-0.25, -0.2) is 0 Å². The van der Waals surface area contributed by atoms with E-state index in [1.165, 1.54) is 0 Å². The monoisotopic (exact) mass is 258 g/mol. The molecule has 0 aliphatic carbocycles. The molecule has 0 saturated heterocycles. The van der Waals surface area contributed by atoms with Gasteiger partial charge < -0.3 is 10.5 Å². The third-order valence-electron chi connectivity index (χ3n) is 2.48. The molecule has 2 aromatic carbocycles. The highest BCUT2D eigenvalue weighted by molar-refractivity contribution is 6.30. The zero-order chi connectivity index (χ0) is 13.1. The van der Waals surface area contributed by atoms with Crippen LogP contribution in [-0.2, 0) is 0 Å². The van der Waals surface area contributed by atoms with Crippen molar-refractivity contribution in [1.29, 1.82) is 5.26 Å². The molecule has 0 saturated carbocycles. The van der Waals surface area contributed by atoms with E-state index in [0.717, 1.165) is 5.56 Å². The number of ether oxygens (including phenoxy) is 1. The third kappa shape index (κ3) is 2.55. The quantitative estimate of drug-likeness (QED) is 0.831. The first-order valence-electron chi connectivity index (χ1n) is 5.34. The van der Waals surface area contributed by atoms with E-state index in [1.807, 2.05) is 13.0 Å². The molecular formula is C14H11ClN2O. The van der Waals surface area contributed by atoms with Gasteiger partial charge in [-0.05, 0) is 42.8 Å². The highest BCUT2D eigenvalue weighted by atomic mass is 35.5. The number of aryl methyl sites for hydroxylation is 1. The predicted molar refractivity (Wildman–Crippen MR) is 71.8 cm³/mol. The lowest BCUT2D eigenvalue weighted by Crippen LogP contribution is -1.92. The molecule has 90 valence electrons. The minimum atomic E-state index is 0.440.